The van der Waals surface area contributed by atoms with Crippen LogP contribution in [0.4, 0.5) is 5.69 Å². The Balaban J connectivity index is 1.62. The van der Waals surface area contributed by atoms with Crippen molar-refractivity contribution >= 4 is 37.3 Å². The number of nitrogens with zero attached hydrogens (tertiary/aromatic N) is 4. The van der Waals surface area contributed by atoms with Gasteiger partial charge in [0.05, 0.1) is 26.0 Å². The van der Waals surface area contributed by atoms with E-state index in [9.17, 15) is 8.42 Å². The summed E-state index contributed by atoms with van der Waals surface area (Å²) in [6, 6.07) is 8.84. The van der Waals surface area contributed by atoms with Gasteiger partial charge in [-0.15, -0.1) is 11.3 Å². The monoisotopic (exact) mass is 495 g/mol. The number of hydrogen-bond donors (Lipinski definition) is 0. The van der Waals surface area contributed by atoms with Crippen LogP contribution in [0.25, 0.3) is 20.8 Å². The van der Waals surface area contributed by atoms with Gasteiger partial charge >= 0.3 is 0 Å². The van der Waals surface area contributed by atoms with Gasteiger partial charge in [0.1, 0.15) is 14.1 Å². The maximum Gasteiger partial charge on any atom is 0.241 e. The summed E-state index contributed by atoms with van der Waals surface area (Å²) in [5.41, 5.74) is 5.67. The molecule has 2 aliphatic heterocycles. The minimum atomic E-state index is -3.29. The third-order valence-corrected chi connectivity index (χ3v) is 9.73. The topological polar surface area (TPSA) is 56.5 Å². The highest BCUT2D eigenvalue weighted by molar-refractivity contribution is 7.90. The molecule has 1 aromatic carbocycles. The van der Waals surface area contributed by atoms with Gasteiger partial charge in [0.25, 0.3) is 0 Å². The first-order chi connectivity index (χ1) is 16.3. The molecular weight excluding hydrogens is 464 g/mol. The average molecular weight is 496 g/mol. The minimum Gasteiger partial charge on any atom is -0.343 e. The molecule has 4 aliphatic rings. The largest absolute Gasteiger partial charge is 0.343 e. The van der Waals surface area contributed by atoms with Crippen molar-refractivity contribution < 1.29 is 8.42 Å². The van der Waals surface area contributed by atoms with Crippen LogP contribution >= 0.6 is 11.3 Å². The van der Waals surface area contributed by atoms with Crippen molar-refractivity contribution in [2.75, 3.05) is 25.5 Å². The fourth-order valence-corrected chi connectivity index (χ4v) is 7.02. The fraction of sp³-hybridized carbons (Fsp3) is 0.385. The van der Waals surface area contributed by atoms with E-state index in [1.165, 1.54) is 25.7 Å². The normalized spacial score (nSPS) is 16.5. The van der Waals surface area contributed by atoms with E-state index in [-0.39, 0.29) is 5.25 Å². The van der Waals surface area contributed by atoms with E-state index in [0.29, 0.717) is 6.54 Å². The van der Waals surface area contributed by atoms with Crippen LogP contribution in [0.3, 0.4) is 0 Å². The van der Waals surface area contributed by atoms with Gasteiger partial charge in [-0.3, -0.25) is 4.31 Å². The molecule has 0 amide bonds. The summed E-state index contributed by atoms with van der Waals surface area (Å²) >= 11 is 1.78. The zero-order valence-electron chi connectivity index (χ0n) is 20.2. The van der Waals surface area contributed by atoms with Gasteiger partial charge in [0.15, 0.2) is 0 Å². The molecule has 0 radical (unpaired) electrons. The second kappa shape index (κ2) is 8.82. The summed E-state index contributed by atoms with van der Waals surface area (Å²) in [6.07, 6.45) is 10.5. The van der Waals surface area contributed by atoms with Crippen LogP contribution in [-0.4, -0.2) is 43.6 Å². The first-order valence-electron chi connectivity index (χ1n) is 11.9. The lowest BCUT2D eigenvalue weighted by Gasteiger charge is -2.20. The molecule has 0 spiro atoms. The molecule has 1 fully saturated rings. The molecule has 5 rings (SSSR count). The molecule has 0 saturated heterocycles. The highest BCUT2D eigenvalue weighted by Crippen LogP contribution is 2.37. The van der Waals surface area contributed by atoms with E-state index in [0.717, 1.165) is 47.3 Å². The number of benzene rings is 2. The number of anilines is 1. The summed E-state index contributed by atoms with van der Waals surface area (Å²) in [6.45, 7) is 4.95. The van der Waals surface area contributed by atoms with Crippen LogP contribution in [0.5, 0.6) is 0 Å². The van der Waals surface area contributed by atoms with E-state index >= 15 is 0 Å². The predicted octanol–water partition coefficient (Wildman–Crippen LogP) is 4.16. The van der Waals surface area contributed by atoms with E-state index in [4.69, 9.17) is 4.98 Å². The Morgan fingerprint density at radius 1 is 1.03 bits per heavy atom. The smallest absolute Gasteiger partial charge is 0.241 e. The molecule has 2 heterocycles. The minimum absolute atomic E-state index is 0.234. The van der Waals surface area contributed by atoms with Crippen LogP contribution in [0.15, 0.2) is 48.9 Å². The van der Waals surface area contributed by atoms with Crippen LogP contribution in [0.1, 0.15) is 37.8 Å². The molecule has 0 unspecified atom stereocenters. The number of rotatable bonds is 5. The summed E-state index contributed by atoms with van der Waals surface area (Å²) in [5.74, 6) is 0. The summed E-state index contributed by atoms with van der Waals surface area (Å²) in [5, 5.41) is 0.952. The molecule has 8 heteroatoms. The number of fused-ring (bicyclic) bond motifs is 2. The van der Waals surface area contributed by atoms with E-state index in [2.05, 4.69) is 61.7 Å². The molecular formula is C26H31N4O2S2+. The quantitative estimate of drug-likeness (QED) is 0.394. The van der Waals surface area contributed by atoms with E-state index < -0.39 is 10.0 Å². The molecule has 0 N–H and O–H groups in total. The second-order valence-electron chi connectivity index (χ2n) is 9.13. The summed E-state index contributed by atoms with van der Waals surface area (Å²) < 4.78 is 30.0. The number of hydrogen-bond acceptors (Lipinski definition) is 5. The Morgan fingerprint density at radius 2 is 1.79 bits per heavy atom. The van der Waals surface area contributed by atoms with Gasteiger partial charge in [0.2, 0.25) is 15.4 Å². The molecule has 178 valence electrons. The first kappa shape index (κ1) is 23.1. The van der Waals surface area contributed by atoms with Crippen LogP contribution in [0, 0.1) is 0 Å². The number of aromatic nitrogens is 1. The molecule has 0 aromatic heterocycles. The lowest BCUT2D eigenvalue weighted by atomic mass is 10.1. The zero-order valence-corrected chi connectivity index (χ0v) is 21.8. The van der Waals surface area contributed by atoms with Crippen molar-refractivity contribution in [3.63, 3.8) is 0 Å². The van der Waals surface area contributed by atoms with E-state index in [1.807, 2.05) is 12.3 Å². The van der Waals surface area contributed by atoms with Gasteiger partial charge in [-0.25, -0.2) is 18.0 Å². The highest BCUT2D eigenvalue weighted by Gasteiger charge is 2.38. The van der Waals surface area contributed by atoms with Crippen molar-refractivity contribution in [3.8, 4) is 10.6 Å². The standard InChI is InChI=1S/C26H31N4O2S2/c1-5-18-14-20(28(3)4)16-23-25(18)27-26-19(6-2)15-21(17-24(26)33-23)29-10-7-11-30(13-12-29)34(31,32)22-8-9-22/h7,11-17,22H,5-6,8-10H2,1-4H3/q+1. The fourth-order valence-electron chi connectivity index (χ4n) is 4.32. The number of sulfonamides is 1. The van der Waals surface area contributed by atoms with Crippen molar-refractivity contribution in [3.05, 3.63) is 65.4 Å². The zero-order chi connectivity index (χ0) is 24.0. The van der Waals surface area contributed by atoms with Crippen LogP contribution < -0.4 is 14.8 Å². The average Bonchev–Trinajstić information content (AvgIpc) is 3.68. The Hall–Kier alpha value is -2.71. The number of aryl methyl sites for hydroxylation is 2. The molecule has 6 nitrogen and oxygen atoms in total. The molecule has 34 heavy (non-hydrogen) atoms. The summed E-state index contributed by atoms with van der Waals surface area (Å²) in [7, 11) is 0.850. The maximum atomic E-state index is 12.7. The van der Waals surface area contributed by atoms with Crippen molar-refractivity contribution in [1.82, 2.24) is 13.9 Å². The van der Waals surface area contributed by atoms with Crippen LogP contribution in [0.2, 0.25) is 0 Å². The van der Waals surface area contributed by atoms with Gasteiger partial charge < -0.3 is 4.90 Å². The van der Waals surface area contributed by atoms with Crippen LogP contribution in [-0.2, 0) is 22.9 Å². The molecule has 2 aliphatic carbocycles. The molecule has 1 saturated carbocycles. The maximum absolute atomic E-state index is 12.7. The van der Waals surface area contributed by atoms with Gasteiger partial charge in [-0.2, -0.15) is 0 Å². The second-order valence-corrected chi connectivity index (χ2v) is 12.3. The molecule has 0 atom stereocenters. The Labute approximate surface area is 205 Å². The predicted molar refractivity (Wildman–Crippen MR) is 142 cm³/mol. The highest BCUT2D eigenvalue weighted by atomic mass is 32.2. The van der Waals surface area contributed by atoms with Crippen molar-refractivity contribution in [2.45, 2.75) is 44.8 Å². The lowest BCUT2D eigenvalue weighted by molar-refractivity contribution is 0.551. The van der Waals surface area contributed by atoms with Gasteiger partial charge in [-0.05, 0) is 55.0 Å². The van der Waals surface area contributed by atoms with Crippen molar-refractivity contribution in [1.29, 1.82) is 0 Å². The first-order valence-corrected chi connectivity index (χ1v) is 14.2. The summed E-state index contributed by atoms with van der Waals surface area (Å²) in [4.78, 5) is 8.43. The Morgan fingerprint density at radius 3 is 2.47 bits per heavy atom. The van der Waals surface area contributed by atoms with Gasteiger partial charge in [-0.1, -0.05) is 13.8 Å². The third-order valence-electron chi connectivity index (χ3n) is 6.52. The Kier molecular flexibility index (Phi) is 5.98. The molecule has 0 bridgehead atoms. The lowest BCUT2D eigenvalue weighted by Crippen LogP contribution is -2.24. The SMILES string of the molecule is CCc1cc(=[N+](C)C)cc2sc3cc(N4C=CN(S(=O)(=O)C5CC5)C=CC4)cc(CC)c3nc1-2. The van der Waals surface area contributed by atoms with Crippen molar-refractivity contribution in [2.24, 2.45) is 0 Å². The van der Waals surface area contributed by atoms with E-state index in [1.54, 1.807) is 23.7 Å². The van der Waals surface area contributed by atoms with Gasteiger partial charge in [0, 0.05) is 43.0 Å². The molecule has 1 aromatic rings. The third kappa shape index (κ3) is 4.14. The Bertz CT molecular complexity index is 1460.